The molecule has 1 aromatic heterocycles. The quantitative estimate of drug-likeness (QED) is 0.844. The Morgan fingerprint density at radius 2 is 2.11 bits per heavy atom. The summed E-state index contributed by atoms with van der Waals surface area (Å²) in [6.45, 7) is 2.38. The topological polar surface area (TPSA) is 62.3 Å². The predicted molar refractivity (Wildman–Crippen MR) is 71.7 cm³/mol. The Bertz CT molecular complexity index is 520. The smallest absolute Gasteiger partial charge is 0.303 e. The Labute approximate surface area is 116 Å². The Hall–Kier alpha value is -1.43. The number of hydrogen-bond acceptors (Lipinski definition) is 4. The van der Waals surface area contributed by atoms with E-state index in [1.807, 2.05) is 12.3 Å². The number of nitrogens with one attached hydrogen (secondary N) is 1. The van der Waals surface area contributed by atoms with Gasteiger partial charge in [-0.25, -0.2) is 9.78 Å². The van der Waals surface area contributed by atoms with Crippen LogP contribution >= 0.6 is 11.3 Å². The van der Waals surface area contributed by atoms with Gasteiger partial charge in [0.05, 0.1) is 6.54 Å². The largest absolute Gasteiger partial charge is 0.325 e. The number of nitrogens with zero attached hydrogens (tertiary/aromatic N) is 2. The molecule has 1 aliphatic heterocycles. The molecule has 5 nitrogen and oxygen atoms in total. The van der Waals surface area contributed by atoms with Gasteiger partial charge in [0, 0.05) is 11.1 Å². The second-order valence-electron chi connectivity index (χ2n) is 5.32. The lowest BCUT2D eigenvalue weighted by atomic mass is 9.80. The molecule has 3 amide bonds. The number of aromatic nitrogens is 1. The lowest BCUT2D eigenvalue weighted by Gasteiger charge is -2.37. The third-order valence-electron chi connectivity index (χ3n) is 4.05. The van der Waals surface area contributed by atoms with Crippen molar-refractivity contribution in [3.8, 4) is 0 Å². The lowest BCUT2D eigenvalue weighted by molar-refractivity contribution is -0.128. The molecule has 102 valence electrons. The summed E-state index contributed by atoms with van der Waals surface area (Å²) in [6.07, 6.45) is 4.71. The van der Waals surface area contributed by atoms with Gasteiger partial charge in [-0.1, -0.05) is 19.3 Å². The summed E-state index contributed by atoms with van der Waals surface area (Å²) < 4.78 is 0. The molecule has 2 fully saturated rings. The van der Waals surface area contributed by atoms with Crippen LogP contribution in [0.4, 0.5) is 4.79 Å². The molecule has 0 bridgehead atoms. The van der Waals surface area contributed by atoms with E-state index in [4.69, 9.17) is 0 Å². The first-order valence-electron chi connectivity index (χ1n) is 6.66. The van der Waals surface area contributed by atoms with Crippen LogP contribution in [-0.4, -0.2) is 27.4 Å². The van der Waals surface area contributed by atoms with Gasteiger partial charge in [0.1, 0.15) is 10.5 Å². The van der Waals surface area contributed by atoms with E-state index >= 15 is 0 Å². The predicted octanol–water partition coefficient (Wildman–Crippen LogP) is 2.21. The molecule has 0 aromatic carbocycles. The minimum atomic E-state index is -0.616. The van der Waals surface area contributed by atoms with Crippen molar-refractivity contribution in [2.75, 3.05) is 0 Å². The molecule has 1 saturated heterocycles. The van der Waals surface area contributed by atoms with Crippen molar-refractivity contribution in [2.45, 2.75) is 51.1 Å². The molecule has 3 rings (SSSR count). The second-order valence-corrected chi connectivity index (χ2v) is 6.26. The van der Waals surface area contributed by atoms with Crippen molar-refractivity contribution >= 4 is 23.3 Å². The fourth-order valence-electron chi connectivity index (χ4n) is 3.07. The Morgan fingerprint density at radius 3 is 2.74 bits per heavy atom. The van der Waals surface area contributed by atoms with Crippen LogP contribution in [0.15, 0.2) is 5.38 Å². The van der Waals surface area contributed by atoms with Gasteiger partial charge in [-0.05, 0) is 19.8 Å². The molecule has 1 N–H and O–H groups in total. The Morgan fingerprint density at radius 1 is 1.37 bits per heavy atom. The average Bonchev–Trinajstić information content (AvgIpc) is 2.89. The van der Waals surface area contributed by atoms with Gasteiger partial charge in [-0.15, -0.1) is 11.3 Å². The van der Waals surface area contributed by atoms with Crippen molar-refractivity contribution in [3.63, 3.8) is 0 Å². The molecule has 6 heteroatoms. The molecular formula is C13H17N3O2S. The number of rotatable bonds is 2. The van der Waals surface area contributed by atoms with E-state index in [1.54, 1.807) is 16.2 Å². The third kappa shape index (κ3) is 2.04. The van der Waals surface area contributed by atoms with Crippen LogP contribution in [0.1, 0.15) is 42.8 Å². The highest BCUT2D eigenvalue weighted by molar-refractivity contribution is 7.09. The van der Waals surface area contributed by atoms with Gasteiger partial charge in [0.15, 0.2) is 0 Å². The first kappa shape index (κ1) is 12.6. The number of imide groups is 1. The zero-order chi connectivity index (χ0) is 13.5. The number of carbonyl (C=O) groups excluding carboxylic acids is 2. The minimum Gasteiger partial charge on any atom is -0.303 e. The molecule has 2 aliphatic rings. The number of hydrogen-bond donors (Lipinski definition) is 1. The number of thiazole rings is 1. The maximum Gasteiger partial charge on any atom is 0.325 e. The summed E-state index contributed by atoms with van der Waals surface area (Å²) in [5, 5.41) is 5.35. The zero-order valence-corrected chi connectivity index (χ0v) is 11.8. The molecule has 1 saturated carbocycles. The van der Waals surface area contributed by atoms with E-state index < -0.39 is 5.54 Å². The van der Waals surface area contributed by atoms with Gasteiger partial charge < -0.3 is 4.90 Å². The fourth-order valence-corrected chi connectivity index (χ4v) is 3.82. The van der Waals surface area contributed by atoms with Gasteiger partial charge in [-0.3, -0.25) is 10.1 Å². The first-order valence-corrected chi connectivity index (χ1v) is 7.54. The fraction of sp³-hybridized carbons (Fsp3) is 0.615. The normalized spacial score (nSPS) is 22.1. The van der Waals surface area contributed by atoms with E-state index in [0.717, 1.165) is 42.8 Å². The molecule has 19 heavy (non-hydrogen) atoms. The highest BCUT2D eigenvalue weighted by atomic mass is 32.1. The van der Waals surface area contributed by atoms with E-state index in [9.17, 15) is 9.59 Å². The van der Waals surface area contributed by atoms with Gasteiger partial charge in [0.2, 0.25) is 0 Å². The Balaban J connectivity index is 1.88. The van der Waals surface area contributed by atoms with Crippen molar-refractivity contribution in [1.29, 1.82) is 0 Å². The SMILES string of the molecule is Cc1csc(CN2C(=O)NC(=O)C23CCCCC3)n1. The van der Waals surface area contributed by atoms with E-state index in [2.05, 4.69) is 10.3 Å². The number of amides is 3. The highest BCUT2D eigenvalue weighted by Crippen LogP contribution is 2.38. The second kappa shape index (κ2) is 4.59. The van der Waals surface area contributed by atoms with Crippen LogP contribution in [0.2, 0.25) is 0 Å². The van der Waals surface area contributed by atoms with E-state index in [-0.39, 0.29) is 11.9 Å². The Kier molecular flexibility index (Phi) is 3.05. The summed E-state index contributed by atoms with van der Waals surface area (Å²) in [6, 6.07) is -0.264. The standard InChI is InChI=1S/C13H17N3O2S/c1-9-8-19-10(14-9)7-16-12(18)15-11(17)13(16)5-3-2-4-6-13/h8H,2-7H2,1H3,(H,15,17,18). The maximum absolute atomic E-state index is 12.2. The van der Waals surface area contributed by atoms with Crippen molar-refractivity contribution in [2.24, 2.45) is 0 Å². The van der Waals surface area contributed by atoms with E-state index in [1.165, 1.54) is 0 Å². The number of urea groups is 1. The van der Waals surface area contributed by atoms with Crippen molar-refractivity contribution < 1.29 is 9.59 Å². The summed E-state index contributed by atoms with van der Waals surface area (Å²) in [4.78, 5) is 30.3. The van der Waals surface area contributed by atoms with Crippen LogP contribution in [0.3, 0.4) is 0 Å². The van der Waals surface area contributed by atoms with Crippen LogP contribution in [-0.2, 0) is 11.3 Å². The van der Waals surface area contributed by atoms with Crippen LogP contribution in [0.5, 0.6) is 0 Å². The summed E-state index contributed by atoms with van der Waals surface area (Å²) in [5.74, 6) is -0.120. The van der Waals surface area contributed by atoms with Crippen LogP contribution in [0.25, 0.3) is 0 Å². The monoisotopic (exact) mass is 279 g/mol. The van der Waals surface area contributed by atoms with Gasteiger partial charge >= 0.3 is 6.03 Å². The molecule has 0 atom stereocenters. The molecule has 0 unspecified atom stereocenters. The molecule has 2 heterocycles. The maximum atomic E-state index is 12.2. The summed E-state index contributed by atoms with van der Waals surface area (Å²) >= 11 is 1.54. The number of aryl methyl sites for hydroxylation is 1. The van der Waals surface area contributed by atoms with Gasteiger partial charge in [0.25, 0.3) is 5.91 Å². The molecular weight excluding hydrogens is 262 g/mol. The van der Waals surface area contributed by atoms with Crippen molar-refractivity contribution in [1.82, 2.24) is 15.2 Å². The molecule has 1 aliphatic carbocycles. The molecule has 0 radical (unpaired) electrons. The van der Waals surface area contributed by atoms with E-state index in [0.29, 0.717) is 6.54 Å². The van der Waals surface area contributed by atoms with Crippen LogP contribution < -0.4 is 5.32 Å². The summed E-state index contributed by atoms with van der Waals surface area (Å²) in [7, 11) is 0. The average molecular weight is 279 g/mol. The highest BCUT2D eigenvalue weighted by Gasteiger charge is 2.52. The minimum absolute atomic E-state index is 0.120. The zero-order valence-electron chi connectivity index (χ0n) is 10.9. The molecule has 1 aromatic rings. The first-order chi connectivity index (χ1) is 9.12. The third-order valence-corrected chi connectivity index (χ3v) is 5.00. The number of carbonyl (C=O) groups is 2. The van der Waals surface area contributed by atoms with Crippen molar-refractivity contribution in [3.05, 3.63) is 16.1 Å². The van der Waals surface area contributed by atoms with Crippen LogP contribution in [0, 0.1) is 6.92 Å². The molecule has 1 spiro atoms. The summed E-state index contributed by atoms with van der Waals surface area (Å²) in [5.41, 5.74) is 0.346. The van der Waals surface area contributed by atoms with Gasteiger partial charge in [-0.2, -0.15) is 0 Å². The lowest BCUT2D eigenvalue weighted by Crippen LogP contribution is -2.50.